The highest BCUT2D eigenvalue weighted by molar-refractivity contribution is 5.69. The van der Waals surface area contributed by atoms with Gasteiger partial charge in [0.05, 0.1) is 6.61 Å². The lowest BCUT2D eigenvalue weighted by Crippen LogP contribution is -2.60. The molecular formula is C14H26N2O3. The van der Waals surface area contributed by atoms with Crippen molar-refractivity contribution < 1.29 is 14.3 Å². The van der Waals surface area contributed by atoms with Crippen LogP contribution in [0.25, 0.3) is 0 Å². The highest BCUT2D eigenvalue weighted by atomic mass is 16.6. The largest absolute Gasteiger partial charge is 0.444 e. The van der Waals surface area contributed by atoms with Gasteiger partial charge in [-0.1, -0.05) is 0 Å². The number of hydrogen-bond donors (Lipinski definition) is 1. The Morgan fingerprint density at radius 2 is 2.00 bits per heavy atom. The van der Waals surface area contributed by atoms with E-state index in [4.69, 9.17) is 9.47 Å². The zero-order valence-corrected chi connectivity index (χ0v) is 12.3. The van der Waals surface area contributed by atoms with E-state index in [2.05, 4.69) is 5.32 Å². The van der Waals surface area contributed by atoms with E-state index >= 15 is 0 Å². The summed E-state index contributed by atoms with van der Waals surface area (Å²) in [6, 6.07) is 0.386. The van der Waals surface area contributed by atoms with Crippen LogP contribution in [0, 0.1) is 5.92 Å². The average molecular weight is 270 g/mol. The fraction of sp³-hybridized carbons (Fsp3) is 0.929. The summed E-state index contributed by atoms with van der Waals surface area (Å²) in [7, 11) is 0. The molecule has 5 nitrogen and oxygen atoms in total. The van der Waals surface area contributed by atoms with E-state index in [9.17, 15) is 4.79 Å². The molecule has 0 bridgehead atoms. The zero-order chi connectivity index (χ0) is 13.9. The maximum Gasteiger partial charge on any atom is 0.410 e. The van der Waals surface area contributed by atoms with Gasteiger partial charge in [0.15, 0.2) is 0 Å². The number of nitrogens with zero attached hydrogens (tertiary/aromatic N) is 1. The smallest absolute Gasteiger partial charge is 0.410 e. The normalized spacial score (nSPS) is 20.3. The molecule has 19 heavy (non-hydrogen) atoms. The number of ether oxygens (including phenoxy) is 2. The number of carbonyl (C=O) groups excluding carboxylic acids is 1. The van der Waals surface area contributed by atoms with Crippen molar-refractivity contribution in [1.29, 1.82) is 0 Å². The molecule has 0 spiro atoms. The van der Waals surface area contributed by atoms with Crippen LogP contribution in [0.15, 0.2) is 0 Å². The quantitative estimate of drug-likeness (QED) is 0.745. The van der Waals surface area contributed by atoms with Crippen LogP contribution in [-0.4, -0.2) is 55.5 Å². The van der Waals surface area contributed by atoms with E-state index in [1.165, 1.54) is 12.8 Å². The molecule has 0 aromatic rings. The average Bonchev–Trinajstić information content (AvgIpc) is 3.00. The van der Waals surface area contributed by atoms with Crippen LogP contribution in [0.2, 0.25) is 0 Å². The maximum absolute atomic E-state index is 11.7. The molecule has 110 valence electrons. The second-order valence-electron chi connectivity index (χ2n) is 6.55. The predicted molar refractivity (Wildman–Crippen MR) is 73.1 cm³/mol. The Labute approximate surface area is 115 Å². The molecule has 2 rings (SSSR count). The Balaban J connectivity index is 1.47. The number of nitrogens with one attached hydrogen (secondary N) is 1. The number of carbonyl (C=O) groups is 1. The molecule has 0 unspecified atom stereocenters. The molecule has 5 heteroatoms. The molecule has 0 atom stereocenters. The number of hydrogen-bond acceptors (Lipinski definition) is 4. The van der Waals surface area contributed by atoms with Crippen LogP contribution >= 0.6 is 0 Å². The van der Waals surface area contributed by atoms with Gasteiger partial charge < -0.3 is 19.7 Å². The molecule has 2 fully saturated rings. The van der Waals surface area contributed by atoms with Gasteiger partial charge in [-0.25, -0.2) is 4.79 Å². The minimum Gasteiger partial charge on any atom is -0.444 e. The standard InChI is InChI=1S/C14H26N2O3/c1-14(2,3)19-13(17)16-8-12(9-16)15-6-7-18-10-11-4-5-11/h11-12,15H,4-10H2,1-3H3. The van der Waals surface area contributed by atoms with Crippen molar-refractivity contribution in [2.75, 3.05) is 32.8 Å². The van der Waals surface area contributed by atoms with Gasteiger partial charge in [0.1, 0.15) is 5.60 Å². The van der Waals surface area contributed by atoms with E-state index in [0.717, 1.165) is 38.8 Å². The molecule has 1 saturated carbocycles. The first kappa shape index (κ1) is 14.6. The molecule has 1 saturated heterocycles. The topological polar surface area (TPSA) is 50.8 Å². The maximum atomic E-state index is 11.7. The third kappa shape index (κ3) is 5.37. The lowest BCUT2D eigenvalue weighted by atomic mass is 10.1. The first-order valence-electron chi connectivity index (χ1n) is 7.23. The van der Waals surface area contributed by atoms with E-state index < -0.39 is 5.60 Å². The SMILES string of the molecule is CC(C)(C)OC(=O)N1CC(NCCOCC2CC2)C1. The molecular weight excluding hydrogens is 244 g/mol. The van der Waals surface area contributed by atoms with Gasteiger partial charge in [0, 0.05) is 32.3 Å². The van der Waals surface area contributed by atoms with Crippen molar-refractivity contribution >= 4 is 6.09 Å². The molecule has 1 N–H and O–H groups in total. The predicted octanol–water partition coefficient (Wildman–Crippen LogP) is 1.62. The second-order valence-corrected chi connectivity index (χ2v) is 6.55. The molecule has 2 aliphatic rings. The summed E-state index contributed by atoms with van der Waals surface area (Å²) in [5, 5.41) is 3.39. The fourth-order valence-corrected chi connectivity index (χ4v) is 1.95. The van der Waals surface area contributed by atoms with Crippen molar-refractivity contribution in [3.05, 3.63) is 0 Å². The van der Waals surface area contributed by atoms with Gasteiger partial charge in [-0.05, 0) is 39.5 Å². The third-order valence-electron chi connectivity index (χ3n) is 3.26. The van der Waals surface area contributed by atoms with Crippen molar-refractivity contribution in [3.8, 4) is 0 Å². The molecule has 1 heterocycles. The van der Waals surface area contributed by atoms with Crippen molar-refractivity contribution in [2.24, 2.45) is 5.92 Å². The summed E-state index contributed by atoms with van der Waals surface area (Å²) >= 11 is 0. The van der Waals surface area contributed by atoms with Crippen LogP contribution in [0.5, 0.6) is 0 Å². The number of rotatable bonds is 6. The van der Waals surface area contributed by atoms with Crippen molar-refractivity contribution in [3.63, 3.8) is 0 Å². The summed E-state index contributed by atoms with van der Waals surface area (Å²) in [6.45, 7) is 9.66. The highest BCUT2D eigenvalue weighted by Gasteiger charge is 2.33. The summed E-state index contributed by atoms with van der Waals surface area (Å²) in [6.07, 6.45) is 2.46. The molecule has 1 aliphatic carbocycles. The van der Waals surface area contributed by atoms with E-state index in [0.29, 0.717) is 6.04 Å². The van der Waals surface area contributed by atoms with Crippen molar-refractivity contribution in [1.82, 2.24) is 10.2 Å². The van der Waals surface area contributed by atoms with Crippen LogP contribution in [-0.2, 0) is 9.47 Å². The van der Waals surface area contributed by atoms with E-state index in [1.807, 2.05) is 20.8 Å². The second kappa shape index (κ2) is 6.09. The monoisotopic (exact) mass is 270 g/mol. The molecule has 0 radical (unpaired) electrons. The minimum atomic E-state index is -0.410. The Morgan fingerprint density at radius 1 is 1.32 bits per heavy atom. The Hall–Kier alpha value is -0.810. The van der Waals surface area contributed by atoms with Gasteiger partial charge in [0.2, 0.25) is 0 Å². The van der Waals surface area contributed by atoms with E-state index in [1.54, 1.807) is 4.90 Å². The van der Waals surface area contributed by atoms with E-state index in [-0.39, 0.29) is 6.09 Å². The molecule has 1 amide bonds. The Morgan fingerprint density at radius 3 is 2.58 bits per heavy atom. The number of likely N-dealkylation sites (tertiary alicyclic amines) is 1. The minimum absolute atomic E-state index is 0.212. The zero-order valence-electron chi connectivity index (χ0n) is 12.3. The van der Waals surface area contributed by atoms with Crippen LogP contribution < -0.4 is 5.32 Å². The van der Waals surface area contributed by atoms with Gasteiger partial charge in [0.25, 0.3) is 0 Å². The Bertz CT molecular complexity index is 304. The first-order chi connectivity index (χ1) is 8.94. The molecule has 0 aromatic heterocycles. The van der Waals surface area contributed by atoms with Gasteiger partial charge in [-0.15, -0.1) is 0 Å². The van der Waals surface area contributed by atoms with Crippen LogP contribution in [0.4, 0.5) is 4.79 Å². The lowest BCUT2D eigenvalue weighted by molar-refractivity contribution is 0.00451. The fourth-order valence-electron chi connectivity index (χ4n) is 1.95. The summed E-state index contributed by atoms with van der Waals surface area (Å²) < 4.78 is 10.8. The number of amides is 1. The summed E-state index contributed by atoms with van der Waals surface area (Å²) in [4.78, 5) is 13.4. The highest BCUT2D eigenvalue weighted by Crippen LogP contribution is 2.28. The summed E-state index contributed by atoms with van der Waals surface area (Å²) in [5.74, 6) is 0.825. The third-order valence-corrected chi connectivity index (χ3v) is 3.26. The molecule has 1 aliphatic heterocycles. The van der Waals surface area contributed by atoms with Gasteiger partial charge in [-0.2, -0.15) is 0 Å². The van der Waals surface area contributed by atoms with Gasteiger partial charge >= 0.3 is 6.09 Å². The molecule has 0 aromatic carbocycles. The van der Waals surface area contributed by atoms with Gasteiger partial charge in [-0.3, -0.25) is 0 Å². The lowest BCUT2D eigenvalue weighted by Gasteiger charge is -2.40. The van der Waals surface area contributed by atoms with Crippen LogP contribution in [0.3, 0.4) is 0 Å². The summed E-state index contributed by atoms with van der Waals surface area (Å²) in [5.41, 5.74) is -0.410. The Kier molecular flexibility index (Phi) is 4.68. The first-order valence-corrected chi connectivity index (χ1v) is 7.23. The van der Waals surface area contributed by atoms with Crippen molar-refractivity contribution in [2.45, 2.75) is 45.3 Å². The van der Waals surface area contributed by atoms with Crippen LogP contribution in [0.1, 0.15) is 33.6 Å².